The number of hydrogen-bond donors (Lipinski definition) is 2. The van der Waals surface area contributed by atoms with Gasteiger partial charge in [0.2, 0.25) is 0 Å². The van der Waals surface area contributed by atoms with E-state index < -0.39 is 0 Å². The average molecular weight is 242 g/mol. The molecule has 0 aromatic carbocycles. The molecule has 0 aromatic heterocycles. The molecular weight excluding hydrogens is 228 g/mol. The van der Waals surface area contributed by atoms with E-state index in [1.54, 1.807) is 12.1 Å². The molecule has 2 amide bonds. The Labute approximate surface area is 106 Å². The van der Waals surface area contributed by atoms with Crippen LogP contribution >= 0.6 is 0 Å². The zero-order valence-corrected chi connectivity index (χ0v) is 9.94. The topological polar surface area (TPSA) is 88.7 Å². The molecule has 2 unspecified atom stereocenters. The van der Waals surface area contributed by atoms with Gasteiger partial charge in [-0.15, -0.1) is 0 Å². The maximum Gasteiger partial charge on any atom is 0.318 e. The molecule has 5 heteroatoms. The molecule has 92 valence electrons. The van der Waals surface area contributed by atoms with Gasteiger partial charge in [0.05, 0.1) is 0 Å². The minimum absolute atomic E-state index is 0.120. The third-order valence-electron chi connectivity index (χ3n) is 3.59. The van der Waals surface area contributed by atoms with Crippen LogP contribution in [0.1, 0.15) is 19.3 Å². The molecule has 0 heterocycles. The van der Waals surface area contributed by atoms with Crippen LogP contribution in [0.4, 0.5) is 4.79 Å². The molecule has 0 radical (unpaired) electrons. The van der Waals surface area contributed by atoms with Gasteiger partial charge in [0.15, 0.2) is 0 Å². The van der Waals surface area contributed by atoms with Crippen LogP contribution < -0.4 is 10.6 Å². The molecule has 1 fully saturated rings. The Kier molecular flexibility index (Phi) is 3.34. The molecule has 0 aromatic rings. The summed E-state index contributed by atoms with van der Waals surface area (Å²) < 4.78 is 0. The maximum absolute atomic E-state index is 11.5. The lowest BCUT2D eigenvalue weighted by Gasteiger charge is -2.23. The summed E-state index contributed by atoms with van der Waals surface area (Å²) in [6, 6.07) is 2.97. The van der Waals surface area contributed by atoms with Gasteiger partial charge < -0.3 is 10.6 Å². The zero-order chi connectivity index (χ0) is 13.0. The Hall–Kier alpha value is -2.27. The van der Waals surface area contributed by atoms with Gasteiger partial charge in [0, 0.05) is 18.2 Å². The lowest BCUT2D eigenvalue weighted by atomic mass is 9.88. The van der Waals surface area contributed by atoms with Crippen LogP contribution in [-0.4, -0.2) is 12.6 Å². The van der Waals surface area contributed by atoms with E-state index in [-0.39, 0.29) is 17.0 Å². The van der Waals surface area contributed by atoms with E-state index >= 15 is 0 Å². The van der Waals surface area contributed by atoms with Gasteiger partial charge in [-0.25, -0.2) is 4.79 Å². The zero-order valence-electron chi connectivity index (χ0n) is 9.94. The standard InChI is InChI=1S/C13H14N4O/c14-6-11(7-15)8-16-12(18)17-9-13-3-1-10(5-13)2-4-13/h1,3,8,10H,2,4-5,9H2,(H2,16,17,18). The Balaban J connectivity index is 1.80. The van der Waals surface area contributed by atoms with E-state index in [0.29, 0.717) is 12.5 Å². The van der Waals surface area contributed by atoms with E-state index in [2.05, 4.69) is 22.8 Å². The van der Waals surface area contributed by atoms with Gasteiger partial charge in [-0.1, -0.05) is 12.2 Å². The fraction of sp³-hybridized carbons (Fsp3) is 0.462. The SMILES string of the molecule is N#CC(C#N)=CNC(=O)NCC12C=CC(CC1)C2. The number of rotatable bonds is 3. The Bertz CT molecular complexity index is 478. The Morgan fingerprint density at radius 3 is 2.78 bits per heavy atom. The Morgan fingerprint density at radius 2 is 2.28 bits per heavy atom. The van der Waals surface area contributed by atoms with Crippen molar-refractivity contribution in [2.75, 3.05) is 6.54 Å². The fourth-order valence-electron chi connectivity index (χ4n) is 2.61. The number of allylic oxidation sites excluding steroid dienone is 2. The average Bonchev–Trinajstić information content (AvgIpc) is 2.98. The van der Waals surface area contributed by atoms with E-state index in [1.807, 2.05) is 0 Å². The molecule has 2 aliphatic rings. The first-order chi connectivity index (χ1) is 8.67. The van der Waals surface area contributed by atoms with Gasteiger partial charge in [-0.3, -0.25) is 0 Å². The first-order valence-corrected chi connectivity index (χ1v) is 5.91. The minimum Gasteiger partial charge on any atom is -0.337 e. The summed E-state index contributed by atoms with van der Waals surface area (Å²) in [5.41, 5.74) is 0.00365. The number of amides is 2. The molecule has 2 rings (SSSR count). The minimum atomic E-state index is -0.379. The van der Waals surface area contributed by atoms with E-state index in [1.165, 1.54) is 6.42 Å². The van der Waals surface area contributed by atoms with Crippen LogP contribution in [0, 0.1) is 34.0 Å². The third-order valence-corrected chi connectivity index (χ3v) is 3.59. The van der Waals surface area contributed by atoms with Crippen molar-refractivity contribution in [2.24, 2.45) is 11.3 Å². The molecule has 0 aliphatic heterocycles. The molecule has 2 atom stereocenters. The van der Waals surface area contributed by atoms with Crippen LogP contribution in [0.2, 0.25) is 0 Å². The van der Waals surface area contributed by atoms with E-state index in [4.69, 9.17) is 10.5 Å². The maximum atomic E-state index is 11.5. The fourth-order valence-corrected chi connectivity index (χ4v) is 2.61. The summed E-state index contributed by atoms with van der Waals surface area (Å²) in [7, 11) is 0. The van der Waals surface area contributed by atoms with Crippen LogP contribution in [0.15, 0.2) is 23.9 Å². The summed E-state index contributed by atoms with van der Waals surface area (Å²) in [4.78, 5) is 11.5. The van der Waals surface area contributed by atoms with E-state index in [9.17, 15) is 4.79 Å². The summed E-state index contributed by atoms with van der Waals surface area (Å²) in [5, 5.41) is 22.2. The predicted octanol–water partition coefficient (Wildman–Crippen LogP) is 1.57. The number of hydrogen-bond acceptors (Lipinski definition) is 3. The quantitative estimate of drug-likeness (QED) is 0.581. The molecule has 2 aliphatic carbocycles. The highest BCUT2D eigenvalue weighted by Gasteiger charge is 2.40. The summed E-state index contributed by atoms with van der Waals surface area (Å²) in [5.74, 6) is 0.679. The van der Waals surface area contributed by atoms with Crippen molar-refractivity contribution in [1.82, 2.24) is 10.6 Å². The molecule has 2 N–H and O–H groups in total. The van der Waals surface area contributed by atoms with Gasteiger partial charge >= 0.3 is 6.03 Å². The second-order valence-electron chi connectivity index (χ2n) is 4.83. The van der Waals surface area contributed by atoms with Gasteiger partial charge in [0.25, 0.3) is 0 Å². The van der Waals surface area contributed by atoms with Crippen LogP contribution in [0.3, 0.4) is 0 Å². The number of carbonyl (C=O) groups is 1. The number of urea groups is 1. The monoisotopic (exact) mass is 242 g/mol. The highest BCUT2D eigenvalue weighted by molar-refractivity contribution is 5.75. The Morgan fingerprint density at radius 1 is 1.50 bits per heavy atom. The van der Waals surface area contributed by atoms with Crippen LogP contribution in [0.5, 0.6) is 0 Å². The number of nitrogens with zero attached hydrogens (tertiary/aromatic N) is 2. The van der Waals surface area contributed by atoms with Crippen molar-refractivity contribution in [2.45, 2.75) is 19.3 Å². The number of nitrogens with one attached hydrogen (secondary N) is 2. The van der Waals surface area contributed by atoms with Crippen molar-refractivity contribution < 1.29 is 4.79 Å². The summed E-state index contributed by atoms with van der Waals surface area (Å²) in [6.07, 6.45) is 8.98. The lowest BCUT2D eigenvalue weighted by Crippen LogP contribution is -2.39. The molecular formula is C13H14N4O. The molecule has 5 nitrogen and oxygen atoms in total. The first kappa shape index (κ1) is 12.2. The van der Waals surface area contributed by atoms with Crippen molar-refractivity contribution in [3.8, 4) is 12.1 Å². The number of nitriles is 2. The molecule has 18 heavy (non-hydrogen) atoms. The van der Waals surface area contributed by atoms with Crippen LogP contribution in [-0.2, 0) is 0 Å². The van der Waals surface area contributed by atoms with Crippen molar-refractivity contribution in [3.05, 3.63) is 23.9 Å². The van der Waals surface area contributed by atoms with E-state index in [0.717, 1.165) is 19.0 Å². The van der Waals surface area contributed by atoms with Crippen LogP contribution in [0.25, 0.3) is 0 Å². The van der Waals surface area contributed by atoms with Gasteiger partial charge in [0.1, 0.15) is 17.7 Å². The summed E-state index contributed by atoms with van der Waals surface area (Å²) in [6.45, 7) is 0.605. The predicted molar refractivity (Wildman–Crippen MR) is 64.8 cm³/mol. The molecule has 0 spiro atoms. The highest BCUT2D eigenvalue weighted by Crippen LogP contribution is 2.48. The lowest BCUT2D eigenvalue weighted by molar-refractivity contribution is 0.239. The largest absolute Gasteiger partial charge is 0.337 e. The summed E-state index contributed by atoms with van der Waals surface area (Å²) >= 11 is 0. The normalized spacial score (nSPS) is 27.1. The van der Waals surface area contributed by atoms with Crippen molar-refractivity contribution in [1.29, 1.82) is 10.5 Å². The van der Waals surface area contributed by atoms with Crippen molar-refractivity contribution >= 4 is 6.03 Å². The molecule has 2 bridgehead atoms. The molecule has 1 saturated carbocycles. The molecule has 0 saturated heterocycles. The number of carbonyl (C=O) groups excluding carboxylic acids is 1. The highest BCUT2D eigenvalue weighted by atomic mass is 16.2. The van der Waals surface area contributed by atoms with Gasteiger partial charge in [-0.05, 0) is 25.2 Å². The second kappa shape index (κ2) is 4.93. The first-order valence-electron chi connectivity index (χ1n) is 5.91. The van der Waals surface area contributed by atoms with Gasteiger partial charge in [-0.2, -0.15) is 10.5 Å². The second-order valence-corrected chi connectivity index (χ2v) is 4.83. The third kappa shape index (κ3) is 2.52. The van der Waals surface area contributed by atoms with Crippen molar-refractivity contribution in [3.63, 3.8) is 0 Å². The smallest absolute Gasteiger partial charge is 0.318 e. The number of fused-ring (bicyclic) bond motifs is 2.